The molecule has 0 saturated heterocycles. The van der Waals surface area contributed by atoms with Crippen LogP contribution in [0.4, 0.5) is 4.39 Å². The Balaban J connectivity index is 1.60. The van der Waals surface area contributed by atoms with Gasteiger partial charge in [0.15, 0.2) is 11.5 Å². The Morgan fingerprint density at radius 3 is 2.62 bits per heavy atom. The molecule has 6 aromatic rings. The molecule has 6 rings (SSSR count). The van der Waals surface area contributed by atoms with Gasteiger partial charge in [0.1, 0.15) is 18.2 Å². The summed E-state index contributed by atoms with van der Waals surface area (Å²) in [6.07, 6.45) is 1.73. The molecule has 34 heavy (non-hydrogen) atoms. The average Bonchev–Trinajstić information content (AvgIpc) is 3.20. The van der Waals surface area contributed by atoms with Crippen LogP contribution in [0.1, 0.15) is 5.56 Å². The third-order valence-corrected chi connectivity index (χ3v) is 6.16. The molecule has 0 amide bonds. The minimum absolute atomic E-state index is 0.209. The lowest BCUT2D eigenvalue weighted by Crippen LogP contribution is -2.14. The lowest BCUT2D eigenvalue weighted by atomic mass is 10.1. The van der Waals surface area contributed by atoms with E-state index >= 15 is 0 Å². The highest BCUT2D eigenvalue weighted by Crippen LogP contribution is 2.39. The van der Waals surface area contributed by atoms with E-state index in [4.69, 9.17) is 14.2 Å². The second-order valence-corrected chi connectivity index (χ2v) is 8.02. The van der Waals surface area contributed by atoms with Crippen molar-refractivity contribution in [1.82, 2.24) is 9.38 Å². The predicted octanol–water partition coefficient (Wildman–Crippen LogP) is 5.33. The van der Waals surface area contributed by atoms with Gasteiger partial charge in [-0.15, -0.1) is 0 Å². The third-order valence-electron chi connectivity index (χ3n) is 6.16. The molecule has 0 aliphatic heterocycles. The summed E-state index contributed by atoms with van der Waals surface area (Å²) < 4.78 is 32.1. The van der Waals surface area contributed by atoms with Crippen LogP contribution in [0.25, 0.3) is 38.1 Å². The zero-order valence-corrected chi connectivity index (χ0v) is 18.5. The van der Waals surface area contributed by atoms with Crippen LogP contribution in [0.3, 0.4) is 0 Å². The zero-order chi connectivity index (χ0) is 23.4. The van der Waals surface area contributed by atoms with Crippen molar-refractivity contribution >= 4 is 38.1 Å². The molecule has 0 unspecified atom stereocenters. The van der Waals surface area contributed by atoms with E-state index in [1.165, 1.54) is 19.2 Å². The highest BCUT2D eigenvalue weighted by molar-refractivity contribution is 6.19. The zero-order valence-electron chi connectivity index (χ0n) is 18.5. The van der Waals surface area contributed by atoms with Gasteiger partial charge in [-0.05, 0) is 54.1 Å². The van der Waals surface area contributed by atoms with Crippen molar-refractivity contribution in [2.24, 2.45) is 0 Å². The van der Waals surface area contributed by atoms with Crippen molar-refractivity contribution < 1.29 is 18.6 Å². The van der Waals surface area contributed by atoms with E-state index in [1.807, 2.05) is 36.4 Å². The van der Waals surface area contributed by atoms with Crippen LogP contribution in [0, 0.1) is 5.82 Å². The van der Waals surface area contributed by atoms with Crippen molar-refractivity contribution in [2.45, 2.75) is 6.61 Å². The molecule has 0 fully saturated rings. The molecule has 3 aromatic carbocycles. The third kappa shape index (κ3) is 2.86. The number of pyridine rings is 2. The summed E-state index contributed by atoms with van der Waals surface area (Å²) in [6.45, 7) is 0.232. The molecule has 168 valence electrons. The Kier molecular flexibility index (Phi) is 4.52. The Hall–Kier alpha value is -4.39. The molecule has 0 N–H and O–H groups in total. The summed E-state index contributed by atoms with van der Waals surface area (Å²) in [4.78, 5) is 18.4. The summed E-state index contributed by atoms with van der Waals surface area (Å²) >= 11 is 0. The minimum Gasteiger partial charge on any atom is -0.493 e. The first kappa shape index (κ1) is 20.2. The molecule has 3 heterocycles. The number of nitrogens with zero attached hydrogens (tertiary/aromatic N) is 2. The standard InChI is InChI=1S/C27H19FN2O4/c1-32-22-9-7-19-23(26(22)33-2)27(31)30-21-8-6-17(34-14-15-4-3-5-16(28)12-15)13-20(21)18-10-11-29-24(19)25(18)30/h3-13H,14H2,1-2H3. The van der Waals surface area contributed by atoms with Crippen LogP contribution in [0.15, 0.2) is 71.7 Å². The van der Waals surface area contributed by atoms with Crippen LogP contribution in [0.5, 0.6) is 17.2 Å². The summed E-state index contributed by atoms with van der Waals surface area (Å²) in [5, 5.41) is 2.87. The lowest BCUT2D eigenvalue weighted by Gasteiger charge is -2.12. The van der Waals surface area contributed by atoms with Crippen LogP contribution in [0.2, 0.25) is 0 Å². The largest absolute Gasteiger partial charge is 0.493 e. The normalized spacial score (nSPS) is 11.6. The Labute approximate surface area is 193 Å². The number of rotatable bonds is 5. The first-order valence-corrected chi connectivity index (χ1v) is 10.7. The number of halogens is 1. The summed E-state index contributed by atoms with van der Waals surface area (Å²) in [6, 6.07) is 17.4. The van der Waals surface area contributed by atoms with Crippen molar-refractivity contribution in [1.29, 1.82) is 0 Å². The van der Waals surface area contributed by atoms with Crippen LogP contribution < -0.4 is 19.8 Å². The van der Waals surface area contributed by atoms with E-state index in [9.17, 15) is 9.18 Å². The molecular formula is C27H19FN2O4. The second kappa shape index (κ2) is 7.59. The summed E-state index contributed by atoms with van der Waals surface area (Å²) in [5.74, 6) is 1.18. The van der Waals surface area contributed by atoms with Gasteiger partial charge in [-0.2, -0.15) is 0 Å². The first-order valence-electron chi connectivity index (χ1n) is 10.7. The van der Waals surface area contributed by atoms with Crippen molar-refractivity contribution in [2.75, 3.05) is 14.2 Å². The number of hydrogen-bond donors (Lipinski definition) is 0. The van der Waals surface area contributed by atoms with E-state index in [0.717, 1.165) is 27.4 Å². The van der Waals surface area contributed by atoms with Crippen molar-refractivity contribution in [3.05, 3.63) is 88.6 Å². The summed E-state index contributed by atoms with van der Waals surface area (Å²) in [7, 11) is 3.06. The number of benzene rings is 3. The molecule has 0 spiro atoms. The van der Waals surface area contributed by atoms with Gasteiger partial charge in [0.25, 0.3) is 5.56 Å². The molecular weight excluding hydrogens is 435 g/mol. The van der Waals surface area contributed by atoms with Gasteiger partial charge >= 0.3 is 0 Å². The fourth-order valence-electron chi connectivity index (χ4n) is 4.68. The second-order valence-electron chi connectivity index (χ2n) is 8.02. The molecule has 0 saturated carbocycles. The number of methoxy groups -OCH3 is 2. The molecule has 0 aliphatic rings. The summed E-state index contributed by atoms with van der Waals surface area (Å²) in [5.41, 5.74) is 2.71. The quantitative estimate of drug-likeness (QED) is 0.330. The van der Waals surface area contributed by atoms with E-state index in [2.05, 4.69) is 4.98 Å². The van der Waals surface area contributed by atoms with Gasteiger partial charge in [0.05, 0.1) is 36.2 Å². The number of ether oxygens (including phenoxy) is 3. The van der Waals surface area contributed by atoms with E-state index in [0.29, 0.717) is 33.5 Å². The van der Waals surface area contributed by atoms with Gasteiger partial charge in [-0.25, -0.2) is 4.39 Å². The first-order chi connectivity index (χ1) is 16.6. The topological polar surface area (TPSA) is 62.1 Å². The molecule has 0 aliphatic carbocycles. The van der Waals surface area contributed by atoms with Crippen LogP contribution >= 0.6 is 0 Å². The maximum atomic E-state index is 13.8. The average molecular weight is 454 g/mol. The van der Waals surface area contributed by atoms with Crippen LogP contribution in [-0.2, 0) is 6.61 Å². The monoisotopic (exact) mass is 454 g/mol. The van der Waals surface area contributed by atoms with E-state index in [1.54, 1.807) is 29.8 Å². The van der Waals surface area contributed by atoms with Gasteiger partial charge in [0.2, 0.25) is 0 Å². The minimum atomic E-state index is -0.303. The van der Waals surface area contributed by atoms with Crippen molar-refractivity contribution in [3.8, 4) is 17.2 Å². The van der Waals surface area contributed by atoms with E-state index < -0.39 is 0 Å². The fourth-order valence-corrected chi connectivity index (χ4v) is 4.68. The molecule has 0 bridgehead atoms. The molecule has 3 aromatic heterocycles. The fraction of sp³-hybridized carbons (Fsp3) is 0.111. The maximum absolute atomic E-state index is 13.8. The van der Waals surface area contributed by atoms with Gasteiger partial charge in [0, 0.05) is 22.4 Å². The molecule has 0 radical (unpaired) electrons. The smallest absolute Gasteiger partial charge is 0.267 e. The number of fused-ring (bicyclic) bond motifs is 5. The number of hydrogen-bond acceptors (Lipinski definition) is 5. The number of aromatic nitrogens is 2. The highest BCUT2D eigenvalue weighted by atomic mass is 19.1. The maximum Gasteiger partial charge on any atom is 0.267 e. The Morgan fingerprint density at radius 1 is 0.941 bits per heavy atom. The van der Waals surface area contributed by atoms with Crippen molar-refractivity contribution in [3.63, 3.8) is 0 Å². The van der Waals surface area contributed by atoms with Gasteiger partial charge < -0.3 is 14.2 Å². The predicted molar refractivity (Wildman–Crippen MR) is 129 cm³/mol. The Bertz CT molecular complexity index is 1780. The van der Waals surface area contributed by atoms with Gasteiger partial charge in [-0.3, -0.25) is 14.2 Å². The van der Waals surface area contributed by atoms with Crippen LogP contribution in [-0.4, -0.2) is 23.6 Å². The molecule has 6 nitrogen and oxygen atoms in total. The lowest BCUT2D eigenvalue weighted by molar-refractivity contribution is 0.306. The SMILES string of the molecule is COc1ccc2c(c1OC)c(=O)n1c3ccc(OCc4cccc(F)c4)cc3c3ccnc2c31. The highest BCUT2D eigenvalue weighted by Gasteiger charge is 2.22. The Morgan fingerprint density at radius 2 is 1.82 bits per heavy atom. The molecule has 0 atom stereocenters. The molecule has 7 heteroatoms. The van der Waals surface area contributed by atoms with Gasteiger partial charge in [-0.1, -0.05) is 12.1 Å². The van der Waals surface area contributed by atoms with E-state index in [-0.39, 0.29) is 18.0 Å².